The number of H-pyrrole nitrogens is 1. The summed E-state index contributed by atoms with van der Waals surface area (Å²) >= 11 is 12.7. The summed E-state index contributed by atoms with van der Waals surface area (Å²) in [7, 11) is 0. The zero-order chi connectivity index (χ0) is 22.8. The fourth-order valence-electron chi connectivity index (χ4n) is 3.98. The molecule has 2 aromatic heterocycles. The maximum atomic E-state index is 12.6. The maximum Gasteiger partial charge on any atom is 0.261 e. The number of aromatic amines is 1. The van der Waals surface area contributed by atoms with Crippen molar-refractivity contribution < 1.29 is 0 Å². The summed E-state index contributed by atoms with van der Waals surface area (Å²) < 4.78 is 0. The molecule has 0 unspecified atom stereocenters. The summed E-state index contributed by atoms with van der Waals surface area (Å²) in [6, 6.07) is 15.3. The number of benzene rings is 2. The Morgan fingerprint density at radius 3 is 2.42 bits per heavy atom. The van der Waals surface area contributed by atoms with Gasteiger partial charge in [-0.3, -0.25) is 4.79 Å². The van der Waals surface area contributed by atoms with Gasteiger partial charge in [-0.15, -0.1) is 0 Å². The summed E-state index contributed by atoms with van der Waals surface area (Å²) in [6.07, 6.45) is 1.92. The highest BCUT2D eigenvalue weighted by Crippen LogP contribution is 2.28. The second kappa shape index (κ2) is 9.39. The lowest BCUT2D eigenvalue weighted by atomic mass is 10.1. The Morgan fingerprint density at radius 2 is 1.70 bits per heavy atom. The zero-order valence-electron chi connectivity index (χ0n) is 17.7. The highest BCUT2D eigenvalue weighted by molar-refractivity contribution is 6.36. The second-order valence-electron chi connectivity index (χ2n) is 7.84. The van der Waals surface area contributed by atoms with E-state index in [-0.39, 0.29) is 5.56 Å². The van der Waals surface area contributed by atoms with Crippen LogP contribution in [-0.2, 0) is 6.42 Å². The molecule has 1 aliphatic rings. The molecule has 0 saturated carbocycles. The predicted molar refractivity (Wildman–Crippen MR) is 134 cm³/mol. The summed E-state index contributed by atoms with van der Waals surface area (Å²) in [4.78, 5) is 26.9. The first-order valence-electron chi connectivity index (χ1n) is 10.7. The minimum atomic E-state index is -0.255. The lowest BCUT2D eigenvalue weighted by Gasteiger charge is -2.29. The van der Waals surface area contributed by atoms with Crippen LogP contribution in [0.2, 0.25) is 10.0 Å². The van der Waals surface area contributed by atoms with Gasteiger partial charge in [0.05, 0.1) is 5.52 Å². The summed E-state index contributed by atoms with van der Waals surface area (Å²) in [5.74, 6) is 0.956. The third kappa shape index (κ3) is 4.66. The average molecular weight is 481 g/mol. The van der Waals surface area contributed by atoms with E-state index in [1.54, 1.807) is 30.5 Å². The lowest BCUT2D eigenvalue weighted by molar-refractivity contribution is 0.589. The minimum Gasteiger partial charge on any atom is -0.369 e. The Labute approximate surface area is 200 Å². The molecule has 4 aromatic rings. The van der Waals surface area contributed by atoms with Crippen LogP contribution in [0.4, 0.5) is 17.2 Å². The summed E-state index contributed by atoms with van der Waals surface area (Å²) in [5, 5.41) is 8.17. The zero-order valence-corrected chi connectivity index (χ0v) is 19.2. The number of pyridine rings is 1. The van der Waals surface area contributed by atoms with Crippen molar-refractivity contribution in [1.82, 2.24) is 20.3 Å². The molecule has 0 bridgehead atoms. The van der Waals surface area contributed by atoms with E-state index < -0.39 is 0 Å². The van der Waals surface area contributed by atoms with Gasteiger partial charge in [0.2, 0.25) is 0 Å². The SMILES string of the molecule is O=c1[nH]ccc2nc(Cc3c(Cl)cccc3Cl)nc(Nc3ccc(N4CCNCC4)cc3)c12. The maximum absolute atomic E-state index is 12.6. The van der Waals surface area contributed by atoms with Crippen LogP contribution in [0.3, 0.4) is 0 Å². The first-order chi connectivity index (χ1) is 16.1. The fourth-order valence-corrected chi connectivity index (χ4v) is 4.51. The molecular weight excluding hydrogens is 459 g/mol. The third-order valence-corrected chi connectivity index (χ3v) is 6.38. The molecule has 0 radical (unpaired) electrons. The van der Waals surface area contributed by atoms with E-state index in [0.29, 0.717) is 39.0 Å². The van der Waals surface area contributed by atoms with Gasteiger partial charge in [0, 0.05) is 60.2 Å². The number of piperazine rings is 1. The highest BCUT2D eigenvalue weighted by Gasteiger charge is 2.15. The van der Waals surface area contributed by atoms with Crippen LogP contribution in [0.15, 0.2) is 59.5 Å². The average Bonchev–Trinajstić information content (AvgIpc) is 2.82. The molecule has 33 heavy (non-hydrogen) atoms. The predicted octanol–water partition coefficient (Wildman–Crippen LogP) is 4.37. The van der Waals surface area contributed by atoms with Gasteiger partial charge in [-0.2, -0.15) is 0 Å². The van der Waals surface area contributed by atoms with Gasteiger partial charge in [0.25, 0.3) is 5.56 Å². The molecule has 7 nitrogen and oxygen atoms in total. The van der Waals surface area contributed by atoms with Gasteiger partial charge < -0.3 is 20.5 Å². The molecule has 2 aromatic carbocycles. The van der Waals surface area contributed by atoms with Gasteiger partial charge in [0.15, 0.2) is 0 Å². The number of nitrogens with zero attached hydrogens (tertiary/aromatic N) is 3. The van der Waals surface area contributed by atoms with Gasteiger partial charge in [-0.1, -0.05) is 29.3 Å². The topological polar surface area (TPSA) is 85.9 Å². The van der Waals surface area contributed by atoms with Crippen molar-refractivity contribution in [3.63, 3.8) is 0 Å². The molecule has 0 aliphatic carbocycles. The number of hydrogen-bond acceptors (Lipinski definition) is 6. The molecule has 1 fully saturated rings. The van der Waals surface area contributed by atoms with E-state index >= 15 is 0 Å². The molecule has 3 N–H and O–H groups in total. The van der Waals surface area contributed by atoms with Crippen LogP contribution in [0.5, 0.6) is 0 Å². The lowest BCUT2D eigenvalue weighted by Crippen LogP contribution is -2.43. The molecule has 5 rings (SSSR count). The van der Waals surface area contributed by atoms with Crippen molar-refractivity contribution in [3.8, 4) is 0 Å². The van der Waals surface area contributed by atoms with Crippen LogP contribution < -0.4 is 21.1 Å². The van der Waals surface area contributed by atoms with Crippen LogP contribution in [-0.4, -0.2) is 41.1 Å². The molecule has 1 aliphatic heterocycles. The van der Waals surface area contributed by atoms with E-state index in [4.69, 9.17) is 23.2 Å². The molecule has 1 saturated heterocycles. The van der Waals surface area contributed by atoms with Gasteiger partial charge in [-0.25, -0.2) is 9.97 Å². The van der Waals surface area contributed by atoms with Gasteiger partial charge in [-0.05, 0) is 48.0 Å². The molecule has 9 heteroatoms. The van der Waals surface area contributed by atoms with Crippen LogP contribution >= 0.6 is 23.2 Å². The molecule has 0 spiro atoms. The van der Waals surface area contributed by atoms with E-state index in [1.807, 2.05) is 12.1 Å². The standard InChI is InChI=1S/C24H22Cl2N6O/c25-18-2-1-3-19(26)17(18)14-21-30-20-8-9-28-24(33)22(20)23(31-21)29-15-4-6-16(7-5-15)32-12-10-27-11-13-32/h1-9,27H,10-14H2,(H,28,33)(H,29,30,31). The number of aromatic nitrogens is 3. The van der Waals surface area contributed by atoms with Crippen molar-refractivity contribution in [3.05, 3.63) is 86.5 Å². The Hall–Kier alpha value is -3.13. The number of anilines is 3. The summed E-state index contributed by atoms with van der Waals surface area (Å²) in [5.41, 5.74) is 3.04. The number of nitrogens with one attached hydrogen (secondary N) is 3. The molecule has 0 atom stereocenters. The Kier molecular flexibility index (Phi) is 6.17. The summed E-state index contributed by atoms with van der Waals surface area (Å²) in [6.45, 7) is 3.92. The normalized spacial score (nSPS) is 13.9. The van der Waals surface area contributed by atoms with Crippen molar-refractivity contribution in [2.45, 2.75) is 6.42 Å². The number of fused-ring (bicyclic) bond motifs is 1. The van der Waals surface area contributed by atoms with Crippen molar-refractivity contribution in [1.29, 1.82) is 0 Å². The molecule has 168 valence electrons. The first-order valence-corrected chi connectivity index (χ1v) is 11.5. The van der Waals surface area contributed by atoms with Crippen LogP contribution in [0.25, 0.3) is 10.9 Å². The quantitative estimate of drug-likeness (QED) is 0.393. The molecule has 3 heterocycles. The Balaban J connectivity index is 1.49. The molecular formula is C24H22Cl2N6O. The van der Waals surface area contributed by atoms with Gasteiger partial charge in [0.1, 0.15) is 17.0 Å². The van der Waals surface area contributed by atoms with Crippen molar-refractivity contribution in [2.75, 3.05) is 36.4 Å². The largest absolute Gasteiger partial charge is 0.369 e. The fraction of sp³-hybridized carbons (Fsp3) is 0.208. The number of rotatable bonds is 5. The smallest absolute Gasteiger partial charge is 0.261 e. The first kappa shape index (κ1) is 21.7. The van der Waals surface area contributed by atoms with Gasteiger partial charge >= 0.3 is 0 Å². The van der Waals surface area contributed by atoms with E-state index in [2.05, 4.69) is 42.6 Å². The van der Waals surface area contributed by atoms with Crippen molar-refractivity contribution in [2.24, 2.45) is 0 Å². The van der Waals surface area contributed by atoms with E-state index in [1.165, 1.54) is 5.69 Å². The van der Waals surface area contributed by atoms with Crippen LogP contribution in [0, 0.1) is 0 Å². The highest BCUT2D eigenvalue weighted by atomic mass is 35.5. The second-order valence-corrected chi connectivity index (χ2v) is 8.66. The van der Waals surface area contributed by atoms with Crippen molar-refractivity contribution >= 4 is 51.3 Å². The number of halogens is 2. The third-order valence-electron chi connectivity index (χ3n) is 5.67. The Bertz CT molecular complexity index is 1330. The van der Waals surface area contributed by atoms with Crippen LogP contribution in [0.1, 0.15) is 11.4 Å². The van der Waals surface area contributed by atoms with E-state index in [0.717, 1.165) is 37.4 Å². The van der Waals surface area contributed by atoms with E-state index in [9.17, 15) is 4.79 Å². The minimum absolute atomic E-state index is 0.255. The monoisotopic (exact) mass is 480 g/mol. The Morgan fingerprint density at radius 1 is 0.970 bits per heavy atom. The number of hydrogen-bond donors (Lipinski definition) is 3. The molecule has 0 amide bonds.